The van der Waals surface area contributed by atoms with Crippen LogP contribution in [0.2, 0.25) is 0 Å². The average Bonchev–Trinajstić information content (AvgIpc) is 2.38. The van der Waals surface area contributed by atoms with Gasteiger partial charge in [0, 0.05) is 5.69 Å². The number of hydrogen-bond acceptors (Lipinski definition) is 3. The van der Waals surface area contributed by atoms with Crippen molar-refractivity contribution in [2.75, 3.05) is 33.9 Å². The highest BCUT2D eigenvalue weighted by Crippen LogP contribution is 2.20. The zero-order chi connectivity index (χ0) is 16.0. The number of quaternary nitrogens is 1. The maximum atomic E-state index is 10.6. The van der Waals surface area contributed by atoms with E-state index in [-0.39, 0.29) is 5.56 Å². The Morgan fingerprint density at radius 2 is 1.19 bits per heavy atom. The van der Waals surface area contributed by atoms with E-state index in [4.69, 9.17) is 5.73 Å². The second-order valence-corrected chi connectivity index (χ2v) is 6.17. The van der Waals surface area contributed by atoms with Gasteiger partial charge in [-0.15, -0.1) is 0 Å². The summed E-state index contributed by atoms with van der Waals surface area (Å²) in [7, 11) is 8.50. The smallest absolute Gasteiger partial charge is 0.0715 e. The van der Waals surface area contributed by atoms with Crippen LogP contribution in [0.1, 0.15) is 10.4 Å². The highest BCUT2D eigenvalue weighted by Gasteiger charge is 1.98. The van der Waals surface area contributed by atoms with Gasteiger partial charge in [-0.3, -0.25) is 0 Å². The molecule has 112 valence electrons. The van der Waals surface area contributed by atoms with Gasteiger partial charge in [-0.25, -0.2) is 0 Å². The molecule has 0 aliphatic heterocycles. The number of aromatic carboxylic acids is 1. The summed E-state index contributed by atoms with van der Waals surface area (Å²) in [5.41, 5.74) is 8.41. The monoisotopic (exact) mass is 286 g/mol. The lowest BCUT2D eigenvalue weighted by molar-refractivity contribution is -0.849. The summed E-state index contributed by atoms with van der Waals surface area (Å²) in [5, 5.41) is 10.6. The number of carboxylic acid groups (broad SMARTS) is 1. The van der Waals surface area contributed by atoms with Crippen molar-refractivity contribution in [2.45, 2.75) is 0 Å². The molecular weight excluding hydrogens is 264 g/mol. The van der Waals surface area contributed by atoms with Crippen LogP contribution in [0, 0.1) is 0 Å². The number of carbonyl (C=O) groups excluding carboxylic acids is 1. The molecule has 0 heterocycles. The first-order valence-corrected chi connectivity index (χ1v) is 6.63. The SMILES string of the molecule is C[N+](C)(C)C.Nc1ccc(-c2ccc(C(=O)[O-])cc2)cc1. The molecule has 0 aliphatic rings. The molecule has 0 saturated heterocycles. The minimum Gasteiger partial charge on any atom is -0.545 e. The molecule has 21 heavy (non-hydrogen) atoms. The van der Waals surface area contributed by atoms with Gasteiger partial charge in [0.25, 0.3) is 0 Å². The molecule has 2 rings (SSSR count). The quantitative estimate of drug-likeness (QED) is 0.674. The predicted molar refractivity (Wildman–Crippen MR) is 84.6 cm³/mol. The Bertz CT molecular complexity index is 576. The molecule has 4 nitrogen and oxygen atoms in total. The molecule has 0 saturated carbocycles. The number of carbonyl (C=O) groups is 1. The first kappa shape index (κ1) is 16.7. The molecule has 2 aromatic carbocycles. The molecule has 0 fully saturated rings. The number of carboxylic acids is 1. The van der Waals surface area contributed by atoms with Crippen molar-refractivity contribution >= 4 is 11.7 Å². The third-order valence-corrected chi connectivity index (χ3v) is 2.36. The topological polar surface area (TPSA) is 66.2 Å². The van der Waals surface area contributed by atoms with Gasteiger partial charge < -0.3 is 20.1 Å². The van der Waals surface area contributed by atoms with Gasteiger partial charge in [0.2, 0.25) is 0 Å². The first-order valence-electron chi connectivity index (χ1n) is 6.63. The van der Waals surface area contributed by atoms with Crippen molar-refractivity contribution in [2.24, 2.45) is 0 Å². The first-order chi connectivity index (χ1) is 9.66. The minimum atomic E-state index is -1.16. The fourth-order valence-corrected chi connectivity index (χ4v) is 1.47. The summed E-state index contributed by atoms with van der Waals surface area (Å²) in [6.45, 7) is 0. The summed E-state index contributed by atoms with van der Waals surface area (Å²) >= 11 is 0. The van der Waals surface area contributed by atoms with Gasteiger partial charge in [0.1, 0.15) is 0 Å². The number of nitrogen functional groups attached to an aromatic ring is 1. The predicted octanol–water partition coefficient (Wildman–Crippen LogP) is 1.62. The van der Waals surface area contributed by atoms with E-state index in [1.165, 1.54) is 12.1 Å². The van der Waals surface area contributed by atoms with Crippen molar-refractivity contribution in [3.8, 4) is 11.1 Å². The average molecular weight is 286 g/mol. The Labute approximate surface area is 126 Å². The molecule has 0 aromatic heterocycles. The van der Waals surface area contributed by atoms with Crippen molar-refractivity contribution in [3.63, 3.8) is 0 Å². The summed E-state index contributed by atoms with van der Waals surface area (Å²) < 4.78 is 1.00. The number of benzene rings is 2. The van der Waals surface area contributed by atoms with Crippen LogP contribution in [-0.4, -0.2) is 38.6 Å². The lowest BCUT2D eigenvalue weighted by atomic mass is 10.0. The van der Waals surface area contributed by atoms with Crippen LogP contribution in [-0.2, 0) is 0 Å². The normalized spacial score (nSPS) is 10.5. The summed E-state index contributed by atoms with van der Waals surface area (Å²) in [6.07, 6.45) is 0. The molecule has 4 heteroatoms. The number of nitrogens with zero attached hydrogens (tertiary/aromatic N) is 1. The Balaban J connectivity index is 0.000000383. The molecule has 0 spiro atoms. The second-order valence-electron chi connectivity index (χ2n) is 6.17. The highest BCUT2D eigenvalue weighted by atomic mass is 16.4. The highest BCUT2D eigenvalue weighted by molar-refractivity contribution is 5.86. The lowest BCUT2D eigenvalue weighted by Crippen LogP contribution is -2.27. The van der Waals surface area contributed by atoms with E-state index in [1.54, 1.807) is 12.1 Å². The van der Waals surface area contributed by atoms with E-state index in [2.05, 4.69) is 28.2 Å². The van der Waals surface area contributed by atoms with Crippen molar-refractivity contribution in [3.05, 3.63) is 54.1 Å². The van der Waals surface area contributed by atoms with Crippen molar-refractivity contribution < 1.29 is 14.4 Å². The Hall–Kier alpha value is -2.33. The lowest BCUT2D eigenvalue weighted by Gasteiger charge is -2.14. The largest absolute Gasteiger partial charge is 0.545 e. The number of hydrogen-bond donors (Lipinski definition) is 1. The molecular formula is C17H22N2O2. The molecule has 0 bridgehead atoms. The van der Waals surface area contributed by atoms with E-state index < -0.39 is 5.97 Å². The second kappa shape index (κ2) is 6.90. The standard InChI is InChI=1S/C13H11NO2.C4H12N/c14-12-7-5-10(6-8-12)9-1-3-11(4-2-9)13(15)16;1-5(2,3)4/h1-8H,14H2,(H,15,16);1-4H3/q;+1/p-1. The maximum Gasteiger partial charge on any atom is 0.0715 e. The molecule has 0 aliphatic carbocycles. The van der Waals surface area contributed by atoms with E-state index in [0.29, 0.717) is 5.69 Å². The number of nitrogens with two attached hydrogens (primary N) is 1. The third kappa shape index (κ3) is 6.58. The van der Waals surface area contributed by atoms with E-state index in [1.807, 2.05) is 24.3 Å². The van der Waals surface area contributed by atoms with E-state index in [9.17, 15) is 9.90 Å². The van der Waals surface area contributed by atoms with Gasteiger partial charge in [-0.1, -0.05) is 36.4 Å². The number of anilines is 1. The van der Waals surface area contributed by atoms with Crippen LogP contribution in [0.5, 0.6) is 0 Å². The Morgan fingerprint density at radius 1 is 0.857 bits per heavy atom. The van der Waals surface area contributed by atoms with Crippen molar-refractivity contribution in [1.82, 2.24) is 0 Å². The molecule has 0 radical (unpaired) electrons. The molecule has 2 N–H and O–H groups in total. The van der Waals surface area contributed by atoms with Crippen LogP contribution in [0.3, 0.4) is 0 Å². The van der Waals surface area contributed by atoms with Gasteiger partial charge in [0.15, 0.2) is 0 Å². The zero-order valence-corrected chi connectivity index (χ0v) is 13.0. The Kier molecular flexibility index (Phi) is 5.50. The van der Waals surface area contributed by atoms with Gasteiger partial charge in [-0.05, 0) is 28.8 Å². The van der Waals surface area contributed by atoms with Crippen LogP contribution >= 0.6 is 0 Å². The molecule has 0 atom stereocenters. The Morgan fingerprint density at radius 3 is 1.52 bits per heavy atom. The van der Waals surface area contributed by atoms with Gasteiger partial charge in [0.05, 0.1) is 34.2 Å². The summed E-state index contributed by atoms with van der Waals surface area (Å²) in [5.74, 6) is -1.16. The van der Waals surface area contributed by atoms with Gasteiger partial charge in [-0.2, -0.15) is 0 Å². The van der Waals surface area contributed by atoms with Crippen LogP contribution < -0.4 is 10.8 Å². The van der Waals surface area contributed by atoms with E-state index in [0.717, 1.165) is 15.6 Å². The van der Waals surface area contributed by atoms with Crippen LogP contribution in [0.15, 0.2) is 48.5 Å². The summed E-state index contributed by atoms with van der Waals surface area (Å²) in [4.78, 5) is 10.6. The molecule has 0 unspecified atom stereocenters. The van der Waals surface area contributed by atoms with Crippen LogP contribution in [0.4, 0.5) is 5.69 Å². The zero-order valence-electron chi connectivity index (χ0n) is 13.0. The molecule has 0 amide bonds. The minimum absolute atomic E-state index is 0.180. The van der Waals surface area contributed by atoms with Crippen LogP contribution in [0.25, 0.3) is 11.1 Å². The van der Waals surface area contributed by atoms with Crippen molar-refractivity contribution in [1.29, 1.82) is 0 Å². The maximum absolute atomic E-state index is 10.6. The third-order valence-electron chi connectivity index (χ3n) is 2.36. The fourth-order valence-electron chi connectivity index (χ4n) is 1.47. The van der Waals surface area contributed by atoms with E-state index >= 15 is 0 Å². The number of rotatable bonds is 2. The van der Waals surface area contributed by atoms with Gasteiger partial charge >= 0.3 is 0 Å². The fraction of sp³-hybridized carbons (Fsp3) is 0.235. The molecule has 2 aromatic rings. The summed E-state index contributed by atoms with van der Waals surface area (Å²) in [6, 6.07) is 14.0.